The quantitative estimate of drug-likeness (QED) is 0.689. The largest absolute Gasteiger partial charge is 0.331 e. The highest BCUT2D eigenvalue weighted by molar-refractivity contribution is 8.01. The number of fused-ring (bicyclic) bond motifs is 1. The predicted octanol–water partition coefficient (Wildman–Crippen LogP) is 2.51. The number of nitrogens with one attached hydrogen (secondary N) is 3. The van der Waals surface area contributed by atoms with Gasteiger partial charge in [0.05, 0.1) is 11.2 Å². The van der Waals surface area contributed by atoms with Crippen molar-refractivity contribution in [2.75, 3.05) is 5.32 Å². The van der Waals surface area contributed by atoms with Crippen molar-refractivity contribution in [1.82, 2.24) is 10.6 Å². The Labute approximate surface area is 157 Å². The first-order valence-corrected chi connectivity index (χ1v) is 10.0. The van der Waals surface area contributed by atoms with Gasteiger partial charge in [0.1, 0.15) is 5.50 Å². The first-order chi connectivity index (χ1) is 12.4. The number of carbonyl (C=O) groups is 3. The van der Waals surface area contributed by atoms with Crippen molar-refractivity contribution >= 4 is 35.0 Å². The lowest BCUT2D eigenvalue weighted by Gasteiger charge is -2.40. The van der Waals surface area contributed by atoms with E-state index in [1.165, 1.54) is 18.7 Å². The summed E-state index contributed by atoms with van der Waals surface area (Å²) in [6.07, 6.45) is 4.20. The van der Waals surface area contributed by atoms with Crippen LogP contribution in [0.5, 0.6) is 0 Å². The van der Waals surface area contributed by atoms with E-state index in [0.717, 1.165) is 25.7 Å². The maximum absolute atomic E-state index is 12.4. The molecule has 1 heterocycles. The molecule has 3 rings (SSSR count). The summed E-state index contributed by atoms with van der Waals surface area (Å²) in [5.74, 6) is 0.0160. The van der Waals surface area contributed by atoms with Crippen LogP contribution in [0.4, 0.5) is 5.69 Å². The summed E-state index contributed by atoms with van der Waals surface area (Å²) < 4.78 is 0. The van der Waals surface area contributed by atoms with Gasteiger partial charge in [0.2, 0.25) is 11.8 Å². The van der Waals surface area contributed by atoms with Crippen molar-refractivity contribution in [2.45, 2.75) is 56.3 Å². The molecule has 26 heavy (non-hydrogen) atoms. The van der Waals surface area contributed by atoms with Gasteiger partial charge in [-0.2, -0.15) is 0 Å². The Morgan fingerprint density at radius 1 is 1.19 bits per heavy atom. The molecule has 0 radical (unpaired) electrons. The Balaban J connectivity index is 1.53. The molecular weight excluding hydrogens is 350 g/mol. The summed E-state index contributed by atoms with van der Waals surface area (Å²) in [6.45, 7) is 3.33. The van der Waals surface area contributed by atoms with Gasteiger partial charge in [-0.3, -0.25) is 19.7 Å². The summed E-state index contributed by atoms with van der Waals surface area (Å²) in [5.41, 5.74) is 1.02. The highest BCUT2D eigenvalue weighted by Crippen LogP contribution is 2.30. The third-order valence-electron chi connectivity index (χ3n) is 5.01. The Bertz CT molecular complexity index is 692. The maximum Gasteiger partial charge on any atom is 0.237 e. The monoisotopic (exact) mass is 375 g/mol. The fourth-order valence-electron chi connectivity index (χ4n) is 3.49. The first kappa shape index (κ1) is 18.9. The van der Waals surface area contributed by atoms with E-state index in [2.05, 4.69) is 16.0 Å². The Morgan fingerprint density at radius 3 is 2.58 bits per heavy atom. The molecule has 4 atom stereocenters. The van der Waals surface area contributed by atoms with Gasteiger partial charge in [-0.05, 0) is 51.0 Å². The Hall–Kier alpha value is -1.86. The average Bonchev–Trinajstić information content (AvgIpc) is 2.62. The van der Waals surface area contributed by atoms with Crippen LogP contribution in [0.25, 0.3) is 0 Å². The summed E-state index contributed by atoms with van der Waals surface area (Å²) >= 11 is 1.41. The lowest BCUT2D eigenvalue weighted by molar-refractivity contribution is -0.129. The molecule has 0 bridgehead atoms. The van der Waals surface area contributed by atoms with Crippen LogP contribution in [0.1, 0.15) is 49.9 Å². The van der Waals surface area contributed by atoms with Crippen molar-refractivity contribution in [1.29, 1.82) is 0 Å². The van der Waals surface area contributed by atoms with Gasteiger partial charge in [-0.1, -0.05) is 12.8 Å². The van der Waals surface area contributed by atoms with Crippen molar-refractivity contribution in [2.24, 2.45) is 5.92 Å². The van der Waals surface area contributed by atoms with Crippen LogP contribution in [0.2, 0.25) is 0 Å². The van der Waals surface area contributed by atoms with Gasteiger partial charge in [0.15, 0.2) is 5.78 Å². The van der Waals surface area contributed by atoms with E-state index in [1.807, 2.05) is 6.92 Å². The zero-order valence-electron chi connectivity index (χ0n) is 15.1. The van der Waals surface area contributed by atoms with E-state index >= 15 is 0 Å². The number of amides is 2. The number of rotatable bonds is 5. The standard InChI is InChI=1S/C19H25N3O3S/c1-11(23)13-7-9-14(10-8-13)20-17(24)12(2)26-19-21-16-6-4-3-5-15(16)18(25)22-19/h7-10,12,15-16,19,21H,3-6H2,1-2H3,(H,20,24)(H,22,25). The maximum atomic E-state index is 12.4. The third kappa shape index (κ3) is 4.45. The molecule has 7 heteroatoms. The van der Waals surface area contributed by atoms with E-state index < -0.39 is 0 Å². The third-order valence-corrected chi connectivity index (χ3v) is 6.16. The second kappa shape index (κ2) is 8.22. The molecule has 0 aromatic heterocycles. The number of Topliss-reactive ketones (excluding diaryl/α,β-unsaturated/α-hetero) is 1. The van der Waals surface area contributed by atoms with Crippen LogP contribution >= 0.6 is 11.8 Å². The molecule has 1 saturated carbocycles. The molecule has 2 amide bonds. The van der Waals surface area contributed by atoms with Gasteiger partial charge in [-0.15, -0.1) is 11.8 Å². The number of carbonyl (C=O) groups excluding carboxylic acids is 3. The summed E-state index contributed by atoms with van der Waals surface area (Å²) in [6, 6.07) is 7.05. The molecule has 2 aliphatic rings. The van der Waals surface area contributed by atoms with Crippen LogP contribution in [-0.4, -0.2) is 34.4 Å². The van der Waals surface area contributed by atoms with Crippen LogP contribution < -0.4 is 16.0 Å². The van der Waals surface area contributed by atoms with Crippen LogP contribution in [-0.2, 0) is 9.59 Å². The second-order valence-corrected chi connectivity index (χ2v) is 8.40. The lowest BCUT2D eigenvalue weighted by Crippen LogP contribution is -2.61. The van der Waals surface area contributed by atoms with Crippen LogP contribution in [0.3, 0.4) is 0 Å². The minimum absolute atomic E-state index is 0.00747. The Kier molecular flexibility index (Phi) is 5.98. The molecule has 1 aromatic rings. The average molecular weight is 375 g/mol. The zero-order valence-corrected chi connectivity index (χ0v) is 15.9. The molecule has 1 aliphatic heterocycles. The number of hydrogen-bond donors (Lipinski definition) is 3. The summed E-state index contributed by atoms with van der Waals surface area (Å²) in [7, 11) is 0. The highest BCUT2D eigenvalue weighted by atomic mass is 32.2. The molecule has 4 unspecified atom stereocenters. The van der Waals surface area contributed by atoms with E-state index in [9.17, 15) is 14.4 Å². The molecule has 2 fully saturated rings. The lowest BCUT2D eigenvalue weighted by atomic mass is 9.83. The molecule has 3 N–H and O–H groups in total. The number of anilines is 1. The van der Waals surface area contributed by atoms with Crippen molar-refractivity contribution < 1.29 is 14.4 Å². The van der Waals surface area contributed by atoms with Gasteiger partial charge in [-0.25, -0.2) is 0 Å². The summed E-state index contributed by atoms with van der Waals surface area (Å²) in [4.78, 5) is 36.0. The molecule has 6 nitrogen and oxygen atoms in total. The van der Waals surface area contributed by atoms with Gasteiger partial charge in [0, 0.05) is 17.3 Å². The van der Waals surface area contributed by atoms with Gasteiger partial charge < -0.3 is 10.6 Å². The fraction of sp³-hybridized carbons (Fsp3) is 0.526. The van der Waals surface area contributed by atoms with Crippen molar-refractivity contribution in [3.05, 3.63) is 29.8 Å². The van der Waals surface area contributed by atoms with E-state index in [-0.39, 0.29) is 40.3 Å². The van der Waals surface area contributed by atoms with Crippen molar-refractivity contribution in [3.8, 4) is 0 Å². The normalized spacial score (nSPS) is 26.4. The SMILES string of the molecule is CC(=O)c1ccc(NC(=O)C(C)SC2NC(=O)C3CCCCC3N2)cc1. The number of hydrogen-bond acceptors (Lipinski definition) is 5. The molecule has 140 valence electrons. The van der Waals surface area contributed by atoms with Crippen LogP contribution in [0.15, 0.2) is 24.3 Å². The molecular formula is C19H25N3O3S. The zero-order chi connectivity index (χ0) is 18.7. The predicted molar refractivity (Wildman–Crippen MR) is 103 cm³/mol. The fourth-order valence-corrected chi connectivity index (χ4v) is 4.52. The number of benzene rings is 1. The highest BCUT2D eigenvalue weighted by Gasteiger charge is 2.38. The topological polar surface area (TPSA) is 87.3 Å². The van der Waals surface area contributed by atoms with Crippen LogP contribution in [0, 0.1) is 5.92 Å². The van der Waals surface area contributed by atoms with Gasteiger partial charge in [0.25, 0.3) is 0 Å². The molecule has 1 saturated heterocycles. The van der Waals surface area contributed by atoms with Crippen molar-refractivity contribution in [3.63, 3.8) is 0 Å². The number of thioether (sulfide) groups is 1. The number of ketones is 1. The summed E-state index contributed by atoms with van der Waals surface area (Å²) in [5, 5.41) is 8.97. The smallest absolute Gasteiger partial charge is 0.237 e. The minimum atomic E-state index is -0.333. The van der Waals surface area contributed by atoms with E-state index in [4.69, 9.17) is 0 Å². The molecule has 1 aliphatic carbocycles. The molecule has 0 spiro atoms. The van der Waals surface area contributed by atoms with E-state index in [1.54, 1.807) is 24.3 Å². The van der Waals surface area contributed by atoms with Gasteiger partial charge >= 0.3 is 0 Å². The first-order valence-electron chi connectivity index (χ1n) is 9.08. The molecule has 1 aromatic carbocycles. The Morgan fingerprint density at radius 2 is 1.88 bits per heavy atom. The minimum Gasteiger partial charge on any atom is -0.331 e. The second-order valence-electron chi connectivity index (χ2n) is 6.95. The van der Waals surface area contributed by atoms with E-state index in [0.29, 0.717) is 11.3 Å².